The van der Waals surface area contributed by atoms with E-state index in [4.69, 9.17) is 39.3 Å². The zero-order valence-corrected chi connectivity index (χ0v) is 36.8. The van der Waals surface area contributed by atoms with Gasteiger partial charge in [0.1, 0.15) is 83.4 Å². The molecule has 0 bridgehead atoms. The predicted molar refractivity (Wildman–Crippen MR) is 209 cm³/mol. The Balaban J connectivity index is 2.06. The Kier molecular flexibility index (Phi) is 16.8. The van der Waals surface area contributed by atoms with Crippen molar-refractivity contribution in [3.8, 4) is 0 Å². The molecule has 4 amide bonds. The van der Waals surface area contributed by atoms with E-state index >= 15 is 0 Å². The first kappa shape index (κ1) is 50.3. The van der Waals surface area contributed by atoms with Crippen molar-refractivity contribution in [2.24, 2.45) is 0 Å². The van der Waals surface area contributed by atoms with Crippen LogP contribution in [0, 0.1) is 0 Å². The van der Waals surface area contributed by atoms with Gasteiger partial charge >= 0.3 is 24.4 Å². The van der Waals surface area contributed by atoms with Crippen LogP contribution in [0.2, 0.25) is 0 Å². The van der Waals surface area contributed by atoms with Crippen LogP contribution >= 0.6 is 0 Å². The summed E-state index contributed by atoms with van der Waals surface area (Å²) in [7, 11) is 0. The molecule has 0 radical (unpaired) electrons. The topological polar surface area (TPSA) is 332 Å². The highest BCUT2D eigenvalue weighted by molar-refractivity contribution is 5.70. The largest absolute Gasteiger partial charge is 0.444 e. The van der Waals surface area contributed by atoms with Crippen molar-refractivity contribution in [1.29, 1.82) is 1.43 Å². The number of alkyl carbamates (subject to hydrolysis) is 4. The smallest absolute Gasteiger partial charge is 0.408 e. The van der Waals surface area contributed by atoms with E-state index in [-0.39, 0.29) is 6.42 Å². The molecule has 3 aliphatic rings. The van der Waals surface area contributed by atoms with Crippen molar-refractivity contribution < 1.29 is 92.8 Å². The van der Waals surface area contributed by atoms with Gasteiger partial charge in [-0.15, -0.1) is 0 Å². The molecule has 23 heteroatoms. The fourth-order valence-corrected chi connectivity index (χ4v) is 6.56. The molecule has 354 valence electrons. The van der Waals surface area contributed by atoms with Crippen LogP contribution < -0.4 is 21.3 Å². The van der Waals surface area contributed by atoms with Crippen LogP contribution in [0.5, 0.6) is 0 Å². The van der Waals surface area contributed by atoms with Gasteiger partial charge < -0.3 is 94.9 Å². The molecule has 15 atom stereocenters. The van der Waals surface area contributed by atoms with E-state index in [2.05, 4.69) is 26.4 Å². The van der Waals surface area contributed by atoms with Crippen molar-refractivity contribution in [3.05, 3.63) is 0 Å². The van der Waals surface area contributed by atoms with Gasteiger partial charge in [-0.2, -0.15) is 0 Å². The lowest BCUT2D eigenvalue weighted by atomic mass is 9.83. The number of ether oxygens (including phenoxy) is 8. The van der Waals surface area contributed by atoms with Crippen LogP contribution in [0.15, 0.2) is 0 Å². The predicted octanol–water partition coefficient (Wildman–Crippen LogP) is -1.03. The third-order valence-corrected chi connectivity index (χ3v) is 9.03. The summed E-state index contributed by atoms with van der Waals surface area (Å²) < 4.78 is 52.6. The molecule has 2 heterocycles. The van der Waals surface area contributed by atoms with Crippen molar-refractivity contribution >= 4 is 24.4 Å². The first-order valence-corrected chi connectivity index (χ1v) is 20.0. The van der Waals surface area contributed by atoms with Crippen LogP contribution in [0.25, 0.3) is 0 Å². The molecule has 0 aromatic heterocycles. The van der Waals surface area contributed by atoms with E-state index in [0.717, 1.165) is 0 Å². The molecule has 11 N–H and O–H groups in total. The Bertz CT molecular complexity index is 1500. The fourth-order valence-electron chi connectivity index (χ4n) is 6.56. The molecule has 2 aliphatic heterocycles. The summed E-state index contributed by atoms with van der Waals surface area (Å²) in [6, 6.07) is -4.27. The number of aliphatic hydroxyl groups is 7. The number of carbonyl (C=O) groups excluding carboxylic acids is 4. The van der Waals surface area contributed by atoms with Gasteiger partial charge in [-0.3, -0.25) is 0 Å². The number of rotatable bonds is 11. The normalized spacial score (nSPS) is 35.2. The van der Waals surface area contributed by atoms with Crippen molar-refractivity contribution in [3.63, 3.8) is 0 Å². The Morgan fingerprint density at radius 3 is 1.39 bits per heavy atom. The standard InChI is InChI=1S/C38H68N4O19/c1-35(2,3)58-31(50)39-14-18-22(45)24(47)25(48)30(54-18)57-28-17(41-33(52)60-37(7,8)9)13-16(40-32(51)59-36(4,5)6)27(26(28)49)56-29-23(46)20(21(44)19(15-43)55-29)42-34(53)61-38(10,11)12/h16-30,43-49H,13-15H2,1-12H3,(H,39,50)(H,40,51)(H,41,52)(H,42,53)/i43T. The Labute approximate surface area is 356 Å². The summed E-state index contributed by atoms with van der Waals surface area (Å²) in [6.45, 7) is 18.1. The zero-order chi connectivity index (χ0) is 47.3. The van der Waals surface area contributed by atoms with Crippen LogP contribution in [0.4, 0.5) is 19.2 Å². The molecule has 1 aliphatic carbocycles. The van der Waals surface area contributed by atoms with Crippen LogP contribution in [0.3, 0.4) is 0 Å². The minimum absolute atomic E-state index is 0.368. The number of carbonyl (C=O) groups is 4. The molecule has 0 spiro atoms. The van der Waals surface area contributed by atoms with Gasteiger partial charge in [-0.1, -0.05) is 0 Å². The molecule has 0 aromatic rings. The maximum absolute atomic E-state index is 13.3. The van der Waals surface area contributed by atoms with Gasteiger partial charge in [0, 0.05) is 6.54 Å². The number of amides is 4. The first-order valence-electron chi connectivity index (χ1n) is 20.4. The van der Waals surface area contributed by atoms with Crippen molar-refractivity contribution in [2.75, 3.05) is 13.2 Å². The average Bonchev–Trinajstić information content (AvgIpc) is 3.08. The summed E-state index contributed by atoms with van der Waals surface area (Å²) in [6.07, 6.45) is -25.7. The van der Waals surface area contributed by atoms with E-state index in [0.29, 0.717) is 0 Å². The van der Waals surface area contributed by atoms with E-state index in [1.54, 1.807) is 83.1 Å². The maximum atomic E-state index is 13.3. The molecule has 0 aromatic carbocycles. The number of hydrogen-bond acceptors (Lipinski definition) is 19. The molecule has 1 saturated carbocycles. The lowest BCUT2D eigenvalue weighted by Crippen LogP contribution is -2.70. The second kappa shape index (κ2) is 20.4. The van der Waals surface area contributed by atoms with E-state index in [1.165, 1.54) is 0 Å². The summed E-state index contributed by atoms with van der Waals surface area (Å²) >= 11 is 0. The minimum Gasteiger partial charge on any atom is -0.444 e. The fraction of sp³-hybridized carbons (Fsp3) is 0.895. The number of hydrogen-bond donors (Lipinski definition) is 11. The van der Waals surface area contributed by atoms with E-state index < -0.39 is 152 Å². The molecule has 2 saturated heterocycles. The van der Waals surface area contributed by atoms with Gasteiger partial charge in [0.15, 0.2) is 12.6 Å². The van der Waals surface area contributed by atoms with Crippen molar-refractivity contribution in [2.45, 2.75) is 204 Å². The van der Waals surface area contributed by atoms with Gasteiger partial charge in [0.25, 0.3) is 0 Å². The minimum atomic E-state index is -2.01. The molecule has 15 unspecified atom stereocenters. The molecule has 3 rings (SSSR count). The SMILES string of the molecule is [3H]OCC1OC(OC2C(NC(=O)OC(C)(C)C)CC(NC(=O)OC(C)(C)C)C(OC3OC(CNC(=O)OC(C)(C)C)C(O)C(O)C3O)C2O)C(O)C(NC(=O)OC(C)(C)C)C1O. The Hall–Kier alpha value is -3.36. The third-order valence-electron chi connectivity index (χ3n) is 9.03. The molecule has 3 fully saturated rings. The average molecular weight is 887 g/mol. The van der Waals surface area contributed by atoms with Crippen LogP contribution in [0.1, 0.15) is 89.5 Å². The quantitative estimate of drug-likeness (QED) is 0.111. The highest BCUT2D eigenvalue weighted by atomic mass is 16.7. The first-order chi connectivity index (χ1) is 28.3. The van der Waals surface area contributed by atoms with Gasteiger partial charge in [-0.25, -0.2) is 19.2 Å². The number of aliphatic hydroxyl groups excluding tert-OH is 7. The summed E-state index contributed by atoms with van der Waals surface area (Å²) in [5.41, 5.74) is -3.92. The summed E-state index contributed by atoms with van der Waals surface area (Å²) in [5, 5.41) is 82.0. The molecule has 61 heavy (non-hydrogen) atoms. The Morgan fingerprint density at radius 2 is 0.951 bits per heavy atom. The van der Waals surface area contributed by atoms with E-state index in [9.17, 15) is 49.8 Å². The monoisotopic (exact) mass is 886 g/mol. The molecular formula is C38H68N4O19. The van der Waals surface area contributed by atoms with E-state index in [1.807, 2.05) is 0 Å². The van der Waals surface area contributed by atoms with Crippen LogP contribution in [-0.4, -0.2) is 189 Å². The molecule has 23 nitrogen and oxygen atoms in total. The molecular weight excluding hydrogens is 816 g/mol. The van der Waals surface area contributed by atoms with Gasteiger partial charge in [-0.05, 0) is 89.5 Å². The maximum Gasteiger partial charge on any atom is 0.408 e. The lowest BCUT2D eigenvalue weighted by Gasteiger charge is -2.49. The van der Waals surface area contributed by atoms with Crippen LogP contribution in [-0.2, 0) is 37.9 Å². The highest BCUT2D eigenvalue weighted by Gasteiger charge is 2.54. The second-order valence-electron chi connectivity index (χ2n) is 19.2. The third kappa shape index (κ3) is 15.7. The zero-order valence-electron chi connectivity index (χ0n) is 37.8. The second-order valence-corrected chi connectivity index (χ2v) is 19.2. The van der Waals surface area contributed by atoms with Gasteiger partial charge in [0.2, 0.25) is 1.43 Å². The van der Waals surface area contributed by atoms with Gasteiger partial charge in [0.05, 0.1) is 24.7 Å². The highest BCUT2D eigenvalue weighted by Crippen LogP contribution is 2.34. The summed E-state index contributed by atoms with van der Waals surface area (Å²) in [5.74, 6) is 0. The van der Waals surface area contributed by atoms with Crippen molar-refractivity contribution in [1.82, 2.24) is 21.3 Å². The summed E-state index contributed by atoms with van der Waals surface area (Å²) in [4.78, 5) is 51.8. The number of nitrogens with one attached hydrogen (secondary N) is 4. The Morgan fingerprint density at radius 1 is 0.541 bits per heavy atom. The lowest BCUT2D eigenvalue weighted by molar-refractivity contribution is -0.334.